The van der Waals surface area contributed by atoms with Crippen molar-refractivity contribution in [2.75, 3.05) is 6.61 Å². The topological polar surface area (TPSA) is 133 Å². The van der Waals surface area contributed by atoms with Crippen LogP contribution in [0.3, 0.4) is 0 Å². The van der Waals surface area contributed by atoms with Crippen molar-refractivity contribution in [3.63, 3.8) is 0 Å². The van der Waals surface area contributed by atoms with E-state index in [4.69, 9.17) is 13.1 Å². The van der Waals surface area contributed by atoms with Crippen molar-refractivity contribution in [2.45, 2.75) is 36.7 Å². The number of carboxylic acid groups (broad SMARTS) is 1. The summed E-state index contributed by atoms with van der Waals surface area (Å²) in [5.74, 6) is -4.61. The number of aryl methyl sites for hydroxylation is 2. The Morgan fingerprint density at radius 2 is 1.21 bits per heavy atom. The van der Waals surface area contributed by atoms with Crippen LogP contribution in [0.4, 0.5) is 13.2 Å². The zero-order chi connectivity index (χ0) is 28.5. The molecule has 0 aliphatic heterocycles. The van der Waals surface area contributed by atoms with Crippen molar-refractivity contribution in [3.05, 3.63) is 76.9 Å². The summed E-state index contributed by atoms with van der Waals surface area (Å²) in [5, 5.41) is 9.74. The second-order valence-electron chi connectivity index (χ2n) is 8.11. The summed E-state index contributed by atoms with van der Waals surface area (Å²) >= 11 is 0. The van der Waals surface area contributed by atoms with E-state index < -0.39 is 72.3 Å². The van der Waals surface area contributed by atoms with E-state index in [1.165, 1.54) is 48.5 Å². The average Bonchev–Trinajstić information content (AvgIpc) is 2.79. The number of rotatable bonds is 9. The Hall–Kier alpha value is -3.78. The Morgan fingerprint density at radius 1 is 0.789 bits per heavy atom. The van der Waals surface area contributed by atoms with Crippen LogP contribution < -0.4 is 13.1 Å². The van der Waals surface area contributed by atoms with Gasteiger partial charge in [0.25, 0.3) is 0 Å². The minimum Gasteiger partial charge on any atom is -0.483 e. The van der Waals surface area contributed by atoms with Crippen molar-refractivity contribution in [3.8, 4) is 17.2 Å². The van der Waals surface area contributed by atoms with Crippen molar-refractivity contribution < 1.29 is 53.0 Å². The first-order chi connectivity index (χ1) is 17.5. The fraction of sp³-hybridized carbons (Fsp3) is 0.208. The Labute approximate surface area is 216 Å². The average molecular weight is 575 g/mol. The molecule has 0 aliphatic carbocycles. The van der Waals surface area contributed by atoms with E-state index in [0.29, 0.717) is 11.6 Å². The molecule has 0 saturated heterocycles. The van der Waals surface area contributed by atoms with Crippen LogP contribution in [0.2, 0.25) is 0 Å². The SMILES string of the molecule is Cc1ccc(S(=O)(=O)Oc2cc(OS(=O)(=O)c3ccc(C)cc3)c(C(=O)O)c(OCC(F)(F)F)c2C)cc1. The Morgan fingerprint density at radius 3 is 1.61 bits per heavy atom. The molecule has 0 amide bonds. The third-order valence-corrected chi connectivity index (χ3v) is 7.56. The highest BCUT2D eigenvalue weighted by Crippen LogP contribution is 2.41. The fourth-order valence-corrected chi connectivity index (χ4v) is 5.05. The molecule has 204 valence electrons. The van der Waals surface area contributed by atoms with Crippen LogP contribution in [0.5, 0.6) is 17.2 Å². The molecule has 0 radical (unpaired) electrons. The molecular formula is C24H21F3O9S2. The van der Waals surface area contributed by atoms with Gasteiger partial charge in [-0.15, -0.1) is 0 Å². The number of benzene rings is 3. The van der Waals surface area contributed by atoms with Gasteiger partial charge in [0.1, 0.15) is 21.1 Å². The van der Waals surface area contributed by atoms with Crippen molar-refractivity contribution in [1.29, 1.82) is 0 Å². The highest BCUT2D eigenvalue weighted by molar-refractivity contribution is 7.87. The largest absolute Gasteiger partial charge is 0.483 e. The fourth-order valence-electron chi connectivity index (χ4n) is 3.14. The van der Waals surface area contributed by atoms with Gasteiger partial charge in [-0.3, -0.25) is 0 Å². The normalized spacial score (nSPS) is 12.2. The molecule has 3 aromatic rings. The zero-order valence-electron chi connectivity index (χ0n) is 20.1. The first-order valence-corrected chi connectivity index (χ1v) is 13.4. The van der Waals surface area contributed by atoms with E-state index in [1.807, 2.05) is 0 Å². The monoisotopic (exact) mass is 574 g/mol. The summed E-state index contributed by atoms with van der Waals surface area (Å²) in [6.07, 6.45) is -4.91. The number of alkyl halides is 3. The molecule has 0 aliphatic rings. The molecule has 0 unspecified atom stereocenters. The van der Waals surface area contributed by atoms with Crippen LogP contribution in [0, 0.1) is 20.8 Å². The van der Waals surface area contributed by atoms with E-state index >= 15 is 0 Å². The maximum absolute atomic E-state index is 12.9. The van der Waals surface area contributed by atoms with Gasteiger partial charge < -0.3 is 18.2 Å². The number of hydrogen-bond acceptors (Lipinski definition) is 8. The van der Waals surface area contributed by atoms with Crippen molar-refractivity contribution >= 4 is 26.2 Å². The number of carboxylic acids is 1. The van der Waals surface area contributed by atoms with E-state index in [1.54, 1.807) is 13.8 Å². The second kappa shape index (κ2) is 10.5. The summed E-state index contributed by atoms with van der Waals surface area (Å²) < 4.78 is 105. The minimum atomic E-state index is -4.91. The molecule has 3 aromatic carbocycles. The summed E-state index contributed by atoms with van der Waals surface area (Å²) in [7, 11) is -9.32. The lowest BCUT2D eigenvalue weighted by Crippen LogP contribution is -2.22. The van der Waals surface area contributed by atoms with E-state index in [0.717, 1.165) is 12.5 Å². The first kappa shape index (κ1) is 28.8. The number of halogens is 3. The predicted molar refractivity (Wildman–Crippen MR) is 128 cm³/mol. The zero-order valence-corrected chi connectivity index (χ0v) is 21.7. The van der Waals surface area contributed by atoms with E-state index in [2.05, 4.69) is 0 Å². The molecule has 0 atom stereocenters. The van der Waals surface area contributed by atoms with Crippen LogP contribution in [-0.2, 0) is 20.2 Å². The molecule has 9 nitrogen and oxygen atoms in total. The number of carbonyl (C=O) groups is 1. The van der Waals surface area contributed by atoms with Gasteiger partial charge in [0.15, 0.2) is 18.1 Å². The highest BCUT2D eigenvalue weighted by Gasteiger charge is 2.34. The second-order valence-corrected chi connectivity index (χ2v) is 11.2. The van der Waals surface area contributed by atoms with Crippen LogP contribution in [-0.4, -0.2) is 40.7 Å². The minimum absolute atomic E-state index is 0.322. The third kappa shape index (κ3) is 6.75. The Kier molecular flexibility index (Phi) is 7.98. The summed E-state index contributed by atoms with van der Waals surface area (Å²) in [6, 6.07) is 11.2. The van der Waals surface area contributed by atoms with Crippen molar-refractivity contribution in [1.82, 2.24) is 0 Å². The van der Waals surface area contributed by atoms with Gasteiger partial charge in [-0.1, -0.05) is 35.4 Å². The van der Waals surface area contributed by atoms with Gasteiger partial charge in [-0.25, -0.2) is 4.79 Å². The standard InChI is InChI=1S/C24H21F3O9S2/c1-14-4-8-17(9-5-14)37(30,31)35-19-12-20(36-38(32,33)18-10-6-15(2)7-11-18)21(23(28)29)22(16(19)3)34-13-24(25,26)27/h4-12H,13H2,1-3H3,(H,28,29). The van der Waals surface area contributed by atoms with Crippen LogP contribution in [0.15, 0.2) is 64.4 Å². The smallest absolute Gasteiger partial charge is 0.422 e. The molecule has 0 bridgehead atoms. The van der Waals surface area contributed by atoms with E-state index in [-0.39, 0.29) is 4.90 Å². The number of hydrogen-bond donors (Lipinski definition) is 1. The summed E-state index contributed by atoms with van der Waals surface area (Å²) in [5.41, 5.74) is -0.110. The van der Waals surface area contributed by atoms with Crippen LogP contribution >= 0.6 is 0 Å². The van der Waals surface area contributed by atoms with Gasteiger partial charge in [-0.05, 0) is 45.0 Å². The molecule has 38 heavy (non-hydrogen) atoms. The molecule has 1 N–H and O–H groups in total. The molecule has 0 saturated carbocycles. The molecular weight excluding hydrogens is 553 g/mol. The predicted octanol–water partition coefficient (Wildman–Crippen LogP) is 4.79. The molecule has 3 rings (SSSR count). The number of ether oxygens (including phenoxy) is 1. The van der Waals surface area contributed by atoms with Gasteiger partial charge in [0.05, 0.1) is 0 Å². The lowest BCUT2D eigenvalue weighted by Gasteiger charge is -2.19. The number of aromatic carboxylic acids is 1. The van der Waals surface area contributed by atoms with Gasteiger partial charge in [0, 0.05) is 11.6 Å². The lowest BCUT2D eigenvalue weighted by molar-refractivity contribution is -0.153. The van der Waals surface area contributed by atoms with Gasteiger partial charge in [0.2, 0.25) is 0 Å². The summed E-state index contributed by atoms with van der Waals surface area (Å²) in [6.45, 7) is 2.47. The van der Waals surface area contributed by atoms with Gasteiger partial charge >= 0.3 is 32.4 Å². The molecule has 0 fully saturated rings. The highest BCUT2D eigenvalue weighted by atomic mass is 32.2. The summed E-state index contributed by atoms with van der Waals surface area (Å²) in [4.78, 5) is 11.3. The van der Waals surface area contributed by atoms with E-state index in [9.17, 15) is 39.9 Å². The first-order valence-electron chi connectivity index (χ1n) is 10.6. The Bertz CT molecular complexity index is 1560. The van der Waals surface area contributed by atoms with Crippen LogP contribution in [0.25, 0.3) is 0 Å². The quantitative estimate of drug-likeness (QED) is 0.358. The lowest BCUT2D eigenvalue weighted by atomic mass is 10.1. The molecule has 0 heterocycles. The molecule has 0 aromatic heterocycles. The van der Waals surface area contributed by atoms with Crippen LogP contribution in [0.1, 0.15) is 27.0 Å². The van der Waals surface area contributed by atoms with Crippen molar-refractivity contribution in [2.24, 2.45) is 0 Å². The molecule has 14 heteroatoms. The Balaban J connectivity index is 2.20. The molecule has 0 spiro atoms. The maximum Gasteiger partial charge on any atom is 0.422 e. The third-order valence-electron chi connectivity index (χ3n) is 5.06. The van der Waals surface area contributed by atoms with Gasteiger partial charge in [-0.2, -0.15) is 30.0 Å². The maximum atomic E-state index is 12.9.